The van der Waals surface area contributed by atoms with Gasteiger partial charge in [-0.25, -0.2) is 8.98 Å². The highest BCUT2D eigenvalue weighted by Crippen LogP contribution is 2.26. The van der Waals surface area contributed by atoms with Gasteiger partial charge in [0.2, 0.25) is 41.4 Å². The minimum atomic E-state index is -5.76. The second kappa shape index (κ2) is 27.1. The van der Waals surface area contributed by atoms with Gasteiger partial charge in [-0.1, -0.05) is 45.0 Å². The van der Waals surface area contributed by atoms with Crippen LogP contribution in [0, 0.1) is 11.8 Å². The number of hydrogen-bond donors (Lipinski definition) is 12. The molecule has 74 heavy (non-hydrogen) atoms. The summed E-state index contributed by atoms with van der Waals surface area (Å²) >= 11 is 0. The summed E-state index contributed by atoms with van der Waals surface area (Å²) in [6.07, 6.45) is -6.59. The third-order valence-corrected chi connectivity index (χ3v) is 12.2. The van der Waals surface area contributed by atoms with Crippen LogP contribution in [0.4, 0.5) is 4.79 Å². The number of imide groups is 1. The van der Waals surface area contributed by atoms with Gasteiger partial charge in [0.05, 0.1) is 25.1 Å². The lowest BCUT2D eigenvalue weighted by atomic mass is 9.98. The quantitative estimate of drug-likeness (QED) is 0.0651. The number of urea groups is 1. The molecule has 10 atom stereocenters. The fraction of sp³-hybridized carbons (Fsp3) is 0.568. The molecule has 10 unspecified atom stereocenters. The van der Waals surface area contributed by atoms with Crippen LogP contribution >= 0.6 is 0 Å². The van der Waals surface area contributed by atoms with Gasteiger partial charge in [-0.05, 0) is 56.6 Å². The Morgan fingerprint density at radius 3 is 2.08 bits per heavy atom. The maximum Gasteiger partial charge on any atom is 0.398 e. The molecule has 30 heteroatoms. The summed E-state index contributed by atoms with van der Waals surface area (Å²) in [7, 11) is -3.65. The van der Waals surface area contributed by atoms with Crippen molar-refractivity contribution in [3.63, 3.8) is 0 Å². The van der Waals surface area contributed by atoms with Gasteiger partial charge in [0.1, 0.15) is 41.7 Å². The number of fused-ring (bicyclic) bond motifs is 1. The zero-order valence-corrected chi connectivity index (χ0v) is 42.4. The van der Waals surface area contributed by atoms with Crippen molar-refractivity contribution < 1.29 is 84.8 Å². The Hall–Kier alpha value is -7.28. The molecule has 0 radical (unpaired) electrons. The number of nitrogens with two attached hydrogens (primary N) is 2. The standard InChI is InChI=1S/C44H65N11O18S/c1-8-24-42(66)54(6)19-31(58)51-33(35(73-74(69,70)71)41(65)53-44(46)68)39(63)52-32(22(5)72-7)43(67)55-18-21(4)15-28(55)38(62)50-26(16-23-11-9-10-12-29(23)56)36(60)49-27(17-30(45)57)37(61)48-25(14-13-20(2)3)34(59)40(64)47-24/h8-12,20-22,25-28,32-35,56,59H,13-19H2,1-7H3,(H2,45,57)(H,47,64)(H,48,61)(H,49,60)(H,50,62)(H,51,58)(H,52,63)(H,69,70,71)(H3,46,53,65,68). The van der Waals surface area contributed by atoms with Gasteiger partial charge < -0.3 is 68.1 Å². The number of rotatable bonds is 13. The van der Waals surface area contributed by atoms with E-state index in [0.29, 0.717) is 4.90 Å². The largest absolute Gasteiger partial charge is 0.508 e. The Labute approximate surface area is 425 Å². The van der Waals surface area contributed by atoms with Crippen molar-refractivity contribution in [2.24, 2.45) is 23.3 Å². The number of hydrogen-bond acceptors (Lipinski definition) is 17. The summed E-state index contributed by atoms with van der Waals surface area (Å²) < 4.78 is 43.7. The molecule has 1 aromatic carbocycles. The van der Waals surface area contributed by atoms with Crippen LogP contribution in [0.2, 0.25) is 0 Å². The van der Waals surface area contributed by atoms with Crippen molar-refractivity contribution in [2.45, 2.75) is 121 Å². The number of aliphatic hydroxyl groups excluding tert-OH is 1. The Kier molecular flexibility index (Phi) is 22.4. The summed E-state index contributed by atoms with van der Waals surface area (Å²) in [5, 5.41) is 37.4. The maximum atomic E-state index is 14.7. The predicted molar refractivity (Wildman–Crippen MR) is 255 cm³/mol. The van der Waals surface area contributed by atoms with Gasteiger partial charge in [-0.3, -0.25) is 57.8 Å². The molecule has 2 fully saturated rings. The molecule has 2 aliphatic rings. The van der Waals surface area contributed by atoms with E-state index in [4.69, 9.17) is 16.2 Å². The molecule has 3 rings (SSSR count). The number of ether oxygens (including phenoxy) is 1. The normalized spacial score (nSPS) is 26.0. The average molecular weight is 1070 g/mol. The molecule has 0 bridgehead atoms. The maximum absolute atomic E-state index is 14.7. The van der Waals surface area contributed by atoms with E-state index in [0.717, 1.165) is 25.1 Å². The monoisotopic (exact) mass is 1070 g/mol. The Morgan fingerprint density at radius 1 is 0.892 bits per heavy atom. The first kappa shape index (κ1) is 61.0. The summed E-state index contributed by atoms with van der Waals surface area (Å²) in [5.74, 6) is -13.5. The van der Waals surface area contributed by atoms with Crippen molar-refractivity contribution in [3.8, 4) is 5.75 Å². The van der Waals surface area contributed by atoms with Gasteiger partial charge in [0.15, 0.2) is 12.2 Å². The van der Waals surface area contributed by atoms with Crippen LogP contribution in [-0.2, 0) is 73.7 Å². The third-order valence-electron chi connectivity index (χ3n) is 11.8. The van der Waals surface area contributed by atoms with Crippen LogP contribution in [0.3, 0.4) is 0 Å². The fourth-order valence-electron chi connectivity index (χ4n) is 7.85. The Morgan fingerprint density at radius 2 is 1.51 bits per heavy atom. The number of likely N-dealkylation sites (N-methyl/N-ethyl adjacent to an activating group) is 1. The number of benzene rings is 1. The van der Waals surface area contributed by atoms with Crippen LogP contribution < -0.4 is 48.7 Å². The molecule has 14 N–H and O–H groups in total. The summed E-state index contributed by atoms with van der Waals surface area (Å²) in [6, 6.07) is -6.95. The number of methoxy groups -OCH3 is 1. The highest BCUT2D eigenvalue weighted by atomic mass is 32.3. The highest BCUT2D eigenvalue weighted by molar-refractivity contribution is 7.80. The van der Waals surface area contributed by atoms with Crippen LogP contribution in [0.25, 0.3) is 0 Å². The van der Waals surface area contributed by atoms with Crippen LogP contribution in [-0.4, -0.2) is 180 Å². The van der Waals surface area contributed by atoms with Crippen LogP contribution in [0.1, 0.15) is 65.9 Å². The molecular weight excluding hydrogens is 1000 g/mol. The number of phenolic OH excluding ortho intramolecular Hbond substituents is 1. The van der Waals surface area contributed by atoms with Crippen molar-refractivity contribution in [1.29, 1.82) is 0 Å². The fourth-order valence-corrected chi connectivity index (χ4v) is 8.31. The SMILES string of the molecule is CC=C1NC(=O)C(O)C(CCC(C)C)NC(=O)C(CC(N)=O)NC(=O)C(Cc2ccccc2O)NC(=O)C2CC(C)CN2C(=O)C(C(C)OC)NC(=O)C(C(OS(=O)(=O)O)C(=O)NC(N)=O)NC(=O)CN(C)C1=O. The second-order valence-electron chi connectivity index (χ2n) is 18.1. The molecule has 0 spiro atoms. The first-order chi connectivity index (χ1) is 34.5. The Bertz CT molecular complexity index is 2460. The first-order valence-corrected chi connectivity index (χ1v) is 24.4. The van der Waals surface area contributed by atoms with E-state index in [-0.39, 0.29) is 43.0 Å². The molecule has 1 aromatic rings. The lowest BCUT2D eigenvalue weighted by Crippen LogP contribution is -2.65. The van der Waals surface area contributed by atoms with E-state index in [2.05, 4.69) is 30.8 Å². The number of carbonyl (C=O) groups is 11. The van der Waals surface area contributed by atoms with Crippen LogP contribution in [0.5, 0.6) is 5.75 Å². The van der Waals surface area contributed by atoms with Crippen molar-refractivity contribution in [3.05, 3.63) is 41.6 Å². The minimum Gasteiger partial charge on any atom is -0.508 e. The molecule has 2 aliphatic heterocycles. The van der Waals surface area contributed by atoms with Gasteiger partial charge in [-0.2, -0.15) is 8.42 Å². The highest BCUT2D eigenvalue weighted by Gasteiger charge is 2.46. The molecule has 0 aliphatic carbocycles. The number of aromatic hydroxyl groups is 1. The molecular formula is C44H65N11O18S. The van der Waals surface area contributed by atoms with Crippen molar-refractivity contribution in [2.75, 3.05) is 27.2 Å². The van der Waals surface area contributed by atoms with Crippen molar-refractivity contribution in [1.82, 2.24) is 47.0 Å². The molecule has 12 amide bonds. The van der Waals surface area contributed by atoms with Crippen LogP contribution in [0.15, 0.2) is 36.0 Å². The predicted octanol–water partition coefficient (Wildman–Crippen LogP) is -4.82. The summed E-state index contributed by atoms with van der Waals surface area (Å²) in [5.41, 5.74) is 10.1. The van der Waals surface area contributed by atoms with Gasteiger partial charge in [-0.15, -0.1) is 0 Å². The number of nitrogens with one attached hydrogen (secondary N) is 7. The average Bonchev–Trinajstić information content (AvgIpc) is 3.71. The lowest BCUT2D eigenvalue weighted by molar-refractivity contribution is -0.146. The number of amides is 12. The van der Waals surface area contributed by atoms with Gasteiger partial charge >= 0.3 is 16.4 Å². The van der Waals surface area contributed by atoms with E-state index >= 15 is 0 Å². The third kappa shape index (κ3) is 17.7. The summed E-state index contributed by atoms with van der Waals surface area (Å²) in [6.45, 7) is 6.49. The van der Waals surface area contributed by atoms with Gasteiger partial charge in [0, 0.05) is 27.1 Å². The Balaban J connectivity index is 2.31. The number of allylic oxidation sites excluding steroid dienone is 1. The lowest BCUT2D eigenvalue weighted by Gasteiger charge is -2.33. The van der Waals surface area contributed by atoms with Crippen molar-refractivity contribution >= 4 is 75.5 Å². The number of aliphatic hydroxyl groups is 1. The van der Waals surface area contributed by atoms with E-state index < -0.39 is 161 Å². The van der Waals surface area contributed by atoms with E-state index in [1.807, 2.05) is 5.32 Å². The van der Waals surface area contributed by atoms with E-state index in [1.165, 1.54) is 43.4 Å². The number of primary amides is 2. The molecule has 2 saturated heterocycles. The number of nitrogens with zero attached hydrogens (tertiary/aromatic N) is 2. The molecule has 0 saturated carbocycles. The minimum absolute atomic E-state index is 0.0805. The topological polar surface area (TPSA) is 444 Å². The molecule has 0 aromatic heterocycles. The zero-order chi connectivity index (χ0) is 55.9. The number of carbonyl (C=O) groups excluding carboxylic acids is 11. The van der Waals surface area contributed by atoms with Gasteiger partial charge in [0.25, 0.3) is 17.7 Å². The first-order valence-electron chi connectivity index (χ1n) is 23.0. The molecule has 410 valence electrons. The summed E-state index contributed by atoms with van der Waals surface area (Å²) in [4.78, 5) is 152. The van der Waals surface area contributed by atoms with E-state index in [9.17, 15) is 75.9 Å². The molecule has 29 nitrogen and oxygen atoms in total. The smallest absolute Gasteiger partial charge is 0.398 e. The van der Waals surface area contributed by atoms with E-state index in [1.54, 1.807) is 20.8 Å². The number of phenols is 1. The zero-order valence-electron chi connectivity index (χ0n) is 41.6. The number of para-hydroxylation sites is 1. The second-order valence-corrected chi connectivity index (χ2v) is 19.2. The molecule has 2 heterocycles.